The first-order chi connectivity index (χ1) is 2.91. The smallest absolute Gasteiger partial charge is 0.324 e. The molecule has 1 N–H and O–H groups in total. The first-order valence-electron chi connectivity index (χ1n) is 0.924. The topological polar surface area (TPSA) is 65.0 Å². The molecule has 0 aromatic carbocycles. The van der Waals surface area contributed by atoms with Crippen LogP contribution in [0.15, 0.2) is 0 Å². The third-order valence-electron chi connectivity index (χ3n) is 0.0985. The molecule has 0 heterocycles. The molecule has 0 unspecified atom stereocenters. The van der Waals surface area contributed by atoms with Crippen LogP contribution in [0.25, 0.3) is 0 Å². The highest BCUT2D eigenvalue weighted by Crippen LogP contribution is 1.65. The van der Waals surface area contributed by atoms with Crippen LogP contribution in [0.5, 0.6) is 0 Å². The highest BCUT2D eigenvalue weighted by atomic mass is 28.2. The Morgan fingerprint density at radius 2 is 2.33 bits per heavy atom. The predicted molar refractivity (Wildman–Crippen MR) is 12.3 cm³/mol. The van der Waals surface area contributed by atoms with Gasteiger partial charge in [-0.3, -0.25) is 0 Å². The quantitative estimate of drug-likeness (QED) is 0.225. The lowest BCUT2D eigenvalue weighted by molar-refractivity contribution is -0.597. The third-order valence-corrected chi connectivity index (χ3v) is 0.235. The van der Waals surface area contributed by atoms with Crippen molar-refractivity contribution in [2.45, 2.75) is 0 Å². The zero-order valence-corrected chi connectivity index (χ0v) is 3.58. The Morgan fingerprint density at radius 1 is 1.67 bits per heavy atom. The van der Waals surface area contributed by atoms with Crippen LogP contribution in [0.2, 0.25) is 0 Å². The van der Waals surface area contributed by atoms with Crippen molar-refractivity contribution in [1.29, 1.82) is 0 Å². The van der Waals surface area contributed by atoms with Crippen LogP contribution >= 0.6 is 0 Å². The second kappa shape index (κ2) is 4.70. The van der Waals surface area contributed by atoms with Gasteiger partial charge in [-0.05, 0) is 5.04 Å². The van der Waals surface area contributed by atoms with Crippen LogP contribution in [0.1, 0.15) is 0 Å². The largest absolute Gasteiger partial charge is 0.632 e. The molecule has 5 nitrogen and oxygen atoms in total. The van der Waals surface area contributed by atoms with Gasteiger partial charge in [0, 0.05) is 5.04 Å². The molecule has 0 aromatic rings. The maximum atomic E-state index is 9.18. The number of hydrogen-bond donors (Lipinski definition) is 1. The lowest BCUT2D eigenvalue weighted by atomic mass is 14.4. The summed E-state index contributed by atoms with van der Waals surface area (Å²) in [6, 6.07) is 0. The zero-order chi connectivity index (χ0) is 4.83. The molecule has 0 rings (SSSR count). The van der Waals surface area contributed by atoms with Gasteiger partial charge in [0.1, 0.15) is 0 Å². The van der Waals surface area contributed by atoms with Crippen LogP contribution in [-0.2, 0) is 19.1 Å². The van der Waals surface area contributed by atoms with E-state index in [9.17, 15) is 4.46 Å². The van der Waals surface area contributed by atoms with E-state index >= 15 is 0 Å². The summed E-state index contributed by atoms with van der Waals surface area (Å²) in [6.07, 6.45) is 0. The van der Waals surface area contributed by atoms with Crippen molar-refractivity contribution in [3.05, 3.63) is 0 Å². The van der Waals surface area contributed by atoms with Gasteiger partial charge in [0.2, 0.25) is 0 Å². The van der Waals surface area contributed by atoms with E-state index in [-0.39, 0.29) is 0 Å². The van der Waals surface area contributed by atoms with Gasteiger partial charge in [-0.1, -0.05) is 0 Å². The van der Waals surface area contributed by atoms with Gasteiger partial charge in [0.15, 0.2) is 0 Å². The van der Waals surface area contributed by atoms with Gasteiger partial charge in [-0.25, -0.2) is 5.26 Å². The van der Waals surface area contributed by atoms with Crippen molar-refractivity contribution >= 4 is 9.65 Å². The highest BCUT2D eigenvalue weighted by molar-refractivity contribution is 6.06. The first kappa shape index (κ1) is 5.70. The molecular formula is HO5Si. The van der Waals surface area contributed by atoms with Crippen molar-refractivity contribution < 1.29 is 24.4 Å². The van der Waals surface area contributed by atoms with E-state index in [0.717, 1.165) is 0 Å². The van der Waals surface area contributed by atoms with Gasteiger partial charge in [-0.2, -0.15) is 0 Å². The van der Waals surface area contributed by atoms with E-state index < -0.39 is 9.65 Å². The summed E-state index contributed by atoms with van der Waals surface area (Å²) in [7, 11) is -1.09. The Labute approximate surface area is 35.2 Å². The third kappa shape index (κ3) is 3.70. The van der Waals surface area contributed by atoms with Gasteiger partial charge >= 0.3 is 9.65 Å². The molecule has 0 saturated heterocycles. The van der Waals surface area contributed by atoms with Crippen molar-refractivity contribution in [2.75, 3.05) is 0 Å². The molecule has 0 aliphatic carbocycles. The second-order valence-electron chi connectivity index (χ2n) is 0.309. The van der Waals surface area contributed by atoms with Crippen LogP contribution in [0, 0.1) is 0 Å². The maximum Gasteiger partial charge on any atom is 0.632 e. The maximum absolute atomic E-state index is 9.18. The lowest BCUT2D eigenvalue weighted by Gasteiger charge is -1.82. The van der Waals surface area contributed by atoms with Crippen LogP contribution in [-0.4, -0.2) is 14.9 Å². The molecule has 6 heteroatoms. The van der Waals surface area contributed by atoms with Gasteiger partial charge < -0.3 is 9.04 Å². The summed E-state index contributed by atoms with van der Waals surface area (Å²) in [5.41, 5.74) is 0. The van der Waals surface area contributed by atoms with Crippen LogP contribution in [0.3, 0.4) is 0 Å². The fourth-order valence-electron chi connectivity index (χ4n) is 0.0291. The van der Waals surface area contributed by atoms with Crippen molar-refractivity contribution in [1.82, 2.24) is 0 Å². The molecule has 0 spiro atoms. The second-order valence-corrected chi connectivity index (χ2v) is 0.643. The molecule has 0 amide bonds. The Balaban J connectivity index is 2.49. The molecule has 35 valence electrons. The standard InChI is InChI=1S/HO5Si/c1-3-4-5-6-2/h1H. The van der Waals surface area contributed by atoms with E-state index in [1.807, 2.05) is 0 Å². The first-order valence-corrected chi connectivity index (χ1v) is 1.74. The minimum atomic E-state index is -1.09. The minimum Gasteiger partial charge on any atom is -0.324 e. The minimum absolute atomic E-state index is 1.09. The monoisotopic (exact) mass is 109 g/mol. The summed E-state index contributed by atoms with van der Waals surface area (Å²) in [5, 5.41) is 13.3. The van der Waals surface area contributed by atoms with E-state index in [2.05, 4.69) is 14.7 Å². The average Bonchev–Trinajstić information content (AvgIpc) is 1.61. The summed E-state index contributed by atoms with van der Waals surface area (Å²) in [4.78, 5) is 0. The van der Waals surface area contributed by atoms with Crippen LogP contribution < -0.4 is 0 Å². The molecule has 0 bridgehead atoms. The molecular weight excluding hydrogens is 108 g/mol. The zero-order valence-electron chi connectivity index (χ0n) is 2.58. The lowest BCUT2D eigenvalue weighted by Crippen LogP contribution is -1.89. The van der Waals surface area contributed by atoms with Crippen LogP contribution in [0.4, 0.5) is 0 Å². The van der Waals surface area contributed by atoms with Crippen molar-refractivity contribution in [3.63, 3.8) is 0 Å². The molecule has 0 aliphatic rings. The molecule has 6 heavy (non-hydrogen) atoms. The predicted octanol–water partition coefficient (Wildman–Crippen LogP) is -0.696. The van der Waals surface area contributed by atoms with Gasteiger partial charge in [0.05, 0.1) is 0 Å². The van der Waals surface area contributed by atoms with Gasteiger partial charge in [-0.15, -0.1) is 0 Å². The summed E-state index contributed by atoms with van der Waals surface area (Å²) in [5.74, 6) is 0. The average molecular weight is 109 g/mol. The molecule has 0 atom stereocenters. The molecule has 0 saturated carbocycles. The summed E-state index contributed by atoms with van der Waals surface area (Å²) >= 11 is 0. The Kier molecular flexibility index (Phi) is 4.46. The van der Waals surface area contributed by atoms with E-state index in [1.54, 1.807) is 0 Å². The Morgan fingerprint density at radius 3 is 2.50 bits per heavy atom. The van der Waals surface area contributed by atoms with E-state index in [0.29, 0.717) is 0 Å². The van der Waals surface area contributed by atoms with E-state index in [4.69, 9.17) is 5.26 Å². The summed E-state index contributed by atoms with van der Waals surface area (Å²) in [6.45, 7) is 0. The number of rotatable bonds is 3. The highest BCUT2D eigenvalue weighted by Gasteiger charge is 1.78. The molecule has 0 aliphatic heterocycles. The fraction of sp³-hybridized carbons (Fsp3) is 0. The SMILES string of the molecule is O=[Si]OOOO. The van der Waals surface area contributed by atoms with Crippen molar-refractivity contribution in [3.8, 4) is 0 Å². The molecule has 0 aromatic heterocycles. The fourth-order valence-corrected chi connectivity index (χ4v) is 0.0873. The molecule has 1 radical (unpaired) electrons. The van der Waals surface area contributed by atoms with E-state index in [1.165, 1.54) is 0 Å². The summed E-state index contributed by atoms with van der Waals surface area (Å²) < 4.78 is 12.7. The van der Waals surface area contributed by atoms with Crippen molar-refractivity contribution in [2.24, 2.45) is 0 Å². The number of hydrogen-bond acceptors (Lipinski definition) is 5. The molecule has 0 fully saturated rings. The Hall–Kier alpha value is -0.303. The normalized spacial score (nSPS) is 7.50. The van der Waals surface area contributed by atoms with Gasteiger partial charge in [0.25, 0.3) is 0 Å². The Bertz CT molecular complexity index is 32.9.